The van der Waals surface area contributed by atoms with Crippen molar-refractivity contribution < 1.29 is 4.79 Å². The second-order valence-corrected chi connectivity index (χ2v) is 7.63. The number of carbonyl (C=O) groups is 1. The van der Waals surface area contributed by atoms with Crippen molar-refractivity contribution in [3.8, 4) is 0 Å². The van der Waals surface area contributed by atoms with Gasteiger partial charge in [-0.25, -0.2) is 4.98 Å². The first-order valence-electron chi connectivity index (χ1n) is 9.31. The van der Waals surface area contributed by atoms with E-state index in [-0.39, 0.29) is 11.8 Å². The van der Waals surface area contributed by atoms with Gasteiger partial charge in [0.1, 0.15) is 5.82 Å². The number of likely N-dealkylation sites (tertiary alicyclic amines) is 1. The van der Waals surface area contributed by atoms with E-state index in [9.17, 15) is 4.79 Å². The maximum absolute atomic E-state index is 12.5. The Hall–Kier alpha value is -2.37. The van der Waals surface area contributed by atoms with Crippen LogP contribution in [0.15, 0.2) is 42.5 Å². The number of piperidine rings is 1. The quantitative estimate of drug-likeness (QED) is 0.704. The minimum Gasteiger partial charge on any atom is -0.341 e. The number of hydrogen-bond acceptors (Lipinski definition) is 3. The third-order valence-corrected chi connectivity index (χ3v) is 5.48. The summed E-state index contributed by atoms with van der Waals surface area (Å²) in [5.41, 5.74) is 4.00. The van der Waals surface area contributed by atoms with E-state index in [2.05, 4.69) is 45.3 Å². The number of hydrogen-bond donors (Lipinski definition) is 2. The van der Waals surface area contributed by atoms with Gasteiger partial charge in [-0.1, -0.05) is 29.8 Å². The molecule has 1 aromatic heterocycles. The van der Waals surface area contributed by atoms with Gasteiger partial charge in [-0.2, -0.15) is 0 Å². The van der Waals surface area contributed by atoms with Crippen LogP contribution in [0.3, 0.4) is 0 Å². The molecule has 0 atom stereocenters. The number of amides is 1. The number of fused-ring (bicyclic) bond motifs is 1. The number of imidazole rings is 1. The van der Waals surface area contributed by atoms with Crippen LogP contribution in [0.25, 0.3) is 11.0 Å². The number of H-pyrrole nitrogens is 1. The minimum atomic E-state index is 0.0239. The molecular formula is C21H23ClN4O. The van der Waals surface area contributed by atoms with Crippen molar-refractivity contribution >= 4 is 34.2 Å². The monoisotopic (exact) mass is 382 g/mol. The van der Waals surface area contributed by atoms with Crippen molar-refractivity contribution in [3.63, 3.8) is 0 Å². The summed E-state index contributed by atoms with van der Waals surface area (Å²) in [7, 11) is 0. The third-order valence-electron chi connectivity index (χ3n) is 5.15. The van der Waals surface area contributed by atoms with Gasteiger partial charge in [-0.15, -0.1) is 0 Å². The lowest BCUT2D eigenvalue weighted by Crippen LogP contribution is -2.38. The fourth-order valence-corrected chi connectivity index (χ4v) is 3.80. The highest BCUT2D eigenvalue weighted by atomic mass is 35.5. The Morgan fingerprint density at radius 1 is 1.26 bits per heavy atom. The number of nitrogens with zero attached hydrogens (tertiary/aromatic N) is 2. The molecule has 6 heteroatoms. The summed E-state index contributed by atoms with van der Waals surface area (Å²) in [5.74, 6) is 1.06. The predicted octanol–water partition coefficient (Wildman–Crippen LogP) is 4.38. The molecule has 27 heavy (non-hydrogen) atoms. The highest BCUT2D eigenvalue weighted by molar-refractivity contribution is 6.33. The van der Waals surface area contributed by atoms with E-state index >= 15 is 0 Å². The molecule has 0 spiro atoms. The Morgan fingerprint density at radius 2 is 2.04 bits per heavy atom. The zero-order chi connectivity index (χ0) is 18.8. The predicted molar refractivity (Wildman–Crippen MR) is 109 cm³/mol. The number of benzene rings is 2. The number of nitrogens with one attached hydrogen (secondary N) is 2. The Kier molecular flexibility index (Phi) is 5.14. The summed E-state index contributed by atoms with van der Waals surface area (Å²) in [4.78, 5) is 23.0. The second kappa shape index (κ2) is 7.71. The topological polar surface area (TPSA) is 61.0 Å². The molecule has 2 heterocycles. The SMILES string of the molecule is Cc1ccc2nc(CN3CCC(C(=O)Nc4ccccc4Cl)CC3)[nH]c2c1. The molecule has 1 aliphatic rings. The van der Waals surface area contributed by atoms with Gasteiger partial charge in [0.05, 0.1) is 28.3 Å². The molecule has 0 bridgehead atoms. The molecule has 1 amide bonds. The van der Waals surface area contributed by atoms with Gasteiger partial charge in [0.2, 0.25) is 5.91 Å². The van der Waals surface area contributed by atoms with Crippen molar-refractivity contribution in [2.75, 3.05) is 18.4 Å². The van der Waals surface area contributed by atoms with Crippen LogP contribution in [0.5, 0.6) is 0 Å². The van der Waals surface area contributed by atoms with E-state index in [0.717, 1.165) is 49.3 Å². The lowest BCUT2D eigenvalue weighted by molar-refractivity contribution is -0.121. The number of para-hydroxylation sites is 1. The normalized spacial score (nSPS) is 15.9. The van der Waals surface area contributed by atoms with Crippen molar-refractivity contribution in [1.82, 2.24) is 14.9 Å². The van der Waals surface area contributed by atoms with Gasteiger partial charge in [-0.3, -0.25) is 9.69 Å². The first-order chi connectivity index (χ1) is 13.1. The molecule has 0 aliphatic carbocycles. The second-order valence-electron chi connectivity index (χ2n) is 7.22. The van der Waals surface area contributed by atoms with Crippen LogP contribution in [0.2, 0.25) is 5.02 Å². The molecule has 1 aliphatic heterocycles. The molecule has 3 aromatic rings. The van der Waals surface area contributed by atoms with E-state index in [4.69, 9.17) is 11.6 Å². The summed E-state index contributed by atoms with van der Waals surface area (Å²) in [5, 5.41) is 3.53. The van der Waals surface area contributed by atoms with E-state index in [1.807, 2.05) is 18.2 Å². The fourth-order valence-electron chi connectivity index (χ4n) is 3.61. The first kappa shape index (κ1) is 18.0. The molecule has 2 N–H and O–H groups in total. The van der Waals surface area contributed by atoms with Gasteiger partial charge in [-0.05, 0) is 62.7 Å². The molecule has 0 radical (unpaired) electrons. The number of anilines is 1. The fraction of sp³-hybridized carbons (Fsp3) is 0.333. The molecule has 140 valence electrons. The Balaban J connectivity index is 1.33. The average molecular weight is 383 g/mol. The number of aryl methyl sites for hydroxylation is 1. The molecule has 4 rings (SSSR count). The van der Waals surface area contributed by atoms with Gasteiger partial charge in [0.15, 0.2) is 0 Å². The Bertz CT molecular complexity index is 960. The van der Waals surface area contributed by atoms with Crippen LogP contribution in [0.1, 0.15) is 24.2 Å². The number of aromatic amines is 1. The Morgan fingerprint density at radius 3 is 2.81 bits per heavy atom. The summed E-state index contributed by atoms with van der Waals surface area (Å²) < 4.78 is 0. The summed E-state index contributed by atoms with van der Waals surface area (Å²) in [6.07, 6.45) is 1.69. The zero-order valence-corrected chi connectivity index (χ0v) is 16.1. The van der Waals surface area contributed by atoms with Gasteiger partial charge in [0.25, 0.3) is 0 Å². The van der Waals surface area contributed by atoms with Gasteiger partial charge in [0, 0.05) is 5.92 Å². The molecule has 0 unspecified atom stereocenters. The lowest BCUT2D eigenvalue weighted by Gasteiger charge is -2.30. The molecule has 1 fully saturated rings. The number of rotatable bonds is 4. The standard InChI is InChI=1S/C21H23ClN4O/c1-14-6-7-18-19(12-14)24-20(23-18)13-26-10-8-15(9-11-26)21(27)25-17-5-3-2-4-16(17)22/h2-7,12,15H,8-11,13H2,1H3,(H,23,24)(H,25,27). The van der Waals surface area contributed by atoms with Crippen LogP contribution < -0.4 is 5.32 Å². The third kappa shape index (κ3) is 4.15. The molecule has 0 saturated carbocycles. The summed E-state index contributed by atoms with van der Waals surface area (Å²) in [6.45, 7) is 4.64. The van der Waals surface area contributed by atoms with Crippen LogP contribution >= 0.6 is 11.6 Å². The van der Waals surface area contributed by atoms with Crippen LogP contribution in [0.4, 0.5) is 5.69 Å². The zero-order valence-electron chi connectivity index (χ0n) is 15.3. The van der Waals surface area contributed by atoms with E-state index in [1.165, 1.54) is 5.56 Å². The molecule has 2 aromatic carbocycles. The maximum atomic E-state index is 12.5. The van der Waals surface area contributed by atoms with Crippen molar-refractivity contribution in [3.05, 3.63) is 58.9 Å². The molecular weight excluding hydrogens is 360 g/mol. The van der Waals surface area contributed by atoms with Crippen LogP contribution in [-0.4, -0.2) is 33.9 Å². The van der Waals surface area contributed by atoms with Gasteiger partial charge >= 0.3 is 0 Å². The highest BCUT2D eigenvalue weighted by Crippen LogP contribution is 2.24. The lowest BCUT2D eigenvalue weighted by atomic mass is 9.96. The minimum absolute atomic E-state index is 0.0239. The maximum Gasteiger partial charge on any atom is 0.227 e. The summed E-state index contributed by atoms with van der Waals surface area (Å²) >= 11 is 6.13. The van der Waals surface area contributed by atoms with E-state index in [1.54, 1.807) is 6.07 Å². The van der Waals surface area contributed by atoms with Crippen LogP contribution in [0, 0.1) is 12.8 Å². The average Bonchev–Trinajstić information content (AvgIpc) is 3.05. The Labute approximate surface area is 163 Å². The first-order valence-corrected chi connectivity index (χ1v) is 9.69. The van der Waals surface area contributed by atoms with Crippen molar-refractivity contribution in [2.45, 2.75) is 26.3 Å². The van der Waals surface area contributed by atoms with Crippen LogP contribution in [-0.2, 0) is 11.3 Å². The molecule has 1 saturated heterocycles. The van der Waals surface area contributed by atoms with Crippen molar-refractivity contribution in [2.24, 2.45) is 5.92 Å². The smallest absolute Gasteiger partial charge is 0.227 e. The van der Waals surface area contributed by atoms with E-state index in [0.29, 0.717) is 10.7 Å². The number of halogens is 1. The van der Waals surface area contributed by atoms with Gasteiger partial charge < -0.3 is 10.3 Å². The van der Waals surface area contributed by atoms with E-state index < -0.39 is 0 Å². The number of aromatic nitrogens is 2. The molecule has 5 nitrogen and oxygen atoms in total. The largest absolute Gasteiger partial charge is 0.341 e. The van der Waals surface area contributed by atoms with Crippen molar-refractivity contribution in [1.29, 1.82) is 0 Å². The number of carbonyl (C=O) groups excluding carboxylic acids is 1. The summed E-state index contributed by atoms with van der Waals surface area (Å²) in [6, 6.07) is 13.6. The highest BCUT2D eigenvalue weighted by Gasteiger charge is 2.25.